The van der Waals surface area contributed by atoms with Gasteiger partial charge in [-0.3, -0.25) is 0 Å². The van der Waals surface area contributed by atoms with Gasteiger partial charge in [0, 0.05) is 23.9 Å². The molecule has 5 aliphatic carbocycles. The summed E-state index contributed by atoms with van der Waals surface area (Å²) in [5, 5.41) is 3.79. The average Bonchev–Trinajstić information content (AvgIpc) is 2.70. The van der Waals surface area contributed by atoms with E-state index < -0.39 is 0 Å². The van der Waals surface area contributed by atoms with Crippen molar-refractivity contribution in [3.8, 4) is 0 Å². The standard InChI is InChI=1S/C24H33ClN2S/c25-15-23-10-16-12-24(14-23,18-4-2-1-3-5-18)13-17(11-23)21(16)22(28)27-20-8-6-19(26)7-9-20/h1-5,16-17,19-21H,6-15,26H2,(H,27,28). The van der Waals surface area contributed by atoms with E-state index in [9.17, 15) is 0 Å². The molecule has 1 aromatic rings. The largest absolute Gasteiger partial charge is 0.377 e. The predicted octanol–water partition coefficient (Wildman–Crippen LogP) is 5.18. The van der Waals surface area contributed by atoms with Crippen LogP contribution < -0.4 is 11.1 Å². The number of rotatable bonds is 4. The topological polar surface area (TPSA) is 38.0 Å². The van der Waals surface area contributed by atoms with Gasteiger partial charge in [0.15, 0.2) is 0 Å². The minimum absolute atomic E-state index is 0.325. The van der Waals surface area contributed by atoms with E-state index in [1.165, 1.54) is 50.5 Å². The van der Waals surface area contributed by atoms with Crippen LogP contribution in [0.15, 0.2) is 30.3 Å². The number of thiocarbonyl (C=S) groups is 1. The van der Waals surface area contributed by atoms with Crippen molar-refractivity contribution >= 4 is 28.8 Å². The van der Waals surface area contributed by atoms with Crippen molar-refractivity contribution in [2.75, 3.05) is 5.88 Å². The van der Waals surface area contributed by atoms with E-state index in [-0.39, 0.29) is 0 Å². The van der Waals surface area contributed by atoms with Crippen molar-refractivity contribution < 1.29 is 0 Å². The highest BCUT2D eigenvalue weighted by Gasteiger charge is 2.61. The maximum Gasteiger partial charge on any atom is 0.0792 e. The van der Waals surface area contributed by atoms with Gasteiger partial charge in [-0.1, -0.05) is 42.5 Å². The first-order valence-electron chi connectivity index (χ1n) is 11.2. The van der Waals surface area contributed by atoms with Crippen LogP contribution in [-0.4, -0.2) is 23.0 Å². The Labute approximate surface area is 180 Å². The molecule has 2 unspecified atom stereocenters. The van der Waals surface area contributed by atoms with Crippen LogP contribution in [0.5, 0.6) is 0 Å². The summed E-state index contributed by atoms with van der Waals surface area (Å²) >= 11 is 12.7. The molecule has 0 heterocycles. The van der Waals surface area contributed by atoms with Gasteiger partial charge in [-0.25, -0.2) is 0 Å². The highest BCUT2D eigenvalue weighted by molar-refractivity contribution is 7.80. The number of alkyl halides is 1. The summed E-state index contributed by atoms with van der Waals surface area (Å²) in [5.74, 6) is 2.73. The molecule has 152 valence electrons. The van der Waals surface area contributed by atoms with E-state index in [4.69, 9.17) is 29.6 Å². The van der Waals surface area contributed by atoms with Crippen LogP contribution in [-0.2, 0) is 5.41 Å². The number of nitrogens with two attached hydrogens (primary N) is 1. The van der Waals surface area contributed by atoms with Crippen LogP contribution in [0.2, 0.25) is 0 Å². The Balaban J connectivity index is 1.37. The fraction of sp³-hybridized carbons (Fsp3) is 0.708. The smallest absolute Gasteiger partial charge is 0.0792 e. The second kappa shape index (κ2) is 7.25. The van der Waals surface area contributed by atoms with Crippen LogP contribution in [0.3, 0.4) is 0 Å². The Hall–Kier alpha value is -0.640. The van der Waals surface area contributed by atoms with Gasteiger partial charge >= 0.3 is 0 Å². The summed E-state index contributed by atoms with van der Waals surface area (Å²) in [6.07, 6.45) is 11.0. The maximum atomic E-state index is 6.61. The van der Waals surface area contributed by atoms with Crippen molar-refractivity contribution in [1.82, 2.24) is 5.32 Å². The van der Waals surface area contributed by atoms with Crippen LogP contribution in [0.1, 0.15) is 63.4 Å². The molecule has 5 aliphatic rings. The molecule has 3 N–H and O–H groups in total. The highest BCUT2D eigenvalue weighted by Crippen LogP contribution is 2.67. The van der Waals surface area contributed by atoms with Crippen LogP contribution in [0.4, 0.5) is 0 Å². The van der Waals surface area contributed by atoms with Crippen LogP contribution in [0, 0.1) is 23.2 Å². The van der Waals surface area contributed by atoms with E-state index >= 15 is 0 Å². The molecule has 4 bridgehead atoms. The summed E-state index contributed by atoms with van der Waals surface area (Å²) in [7, 11) is 0. The zero-order valence-corrected chi connectivity index (χ0v) is 18.3. The average molecular weight is 417 g/mol. The third-order valence-corrected chi connectivity index (χ3v) is 9.47. The first kappa shape index (κ1) is 19.3. The molecule has 0 radical (unpaired) electrons. The van der Waals surface area contributed by atoms with Crippen molar-refractivity contribution in [3.05, 3.63) is 35.9 Å². The van der Waals surface area contributed by atoms with Crippen molar-refractivity contribution in [2.24, 2.45) is 28.9 Å². The molecule has 6 rings (SSSR count). The van der Waals surface area contributed by atoms with Gasteiger partial charge in [0.1, 0.15) is 0 Å². The van der Waals surface area contributed by atoms with Gasteiger partial charge in [-0.2, -0.15) is 0 Å². The molecule has 5 saturated carbocycles. The number of hydrogen-bond acceptors (Lipinski definition) is 2. The second-order valence-corrected chi connectivity index (χ2v) is 11.1. The molecule has 1 aromatic carbocycles. The summed E-state index contributed by atoms with van der Waals surface area (Å²) in [6.45, 7) is 0. The zero-order chi connectivity index (χ0) is 19.4. The van der Waals surface area contributed by atoms with E-state index in [2.05, 4.69) is 35.6 Å². The monoisotopic (exact) mass is 416 g/mol. The number of nitrogens with one attached hydrogen (secondary N) is 1. The Bertz CT molecular complexity index is 711. The number of halogens is 1. The number of hydrogen-bond donors (Lipinski definition) is 2. The molecule has 2 nitrogen and oxygen atoms in total. The molecule has 0 saturated heterocycles. The van der Waals surface area contributed by atoms with Crippen LogP contribution >= 0.6 is 23.8 Å². The minimum atomic E-state index is 0.325. The molecular weight excluding hydrogens is 384 g/mol. The summed E-state index contributed by atoms with van der Waals surface area (Å²) < 4.78 is 0. The van der Waals surface area contributed by atoms with E-state index in [1.807, 2.05) is 0 Å². The van der Waals surface area contributed by atoms with E-state index in [1.54, 1.807) is 0 Å². The van der Waals surface area contributed by atoms with Gasteiger partial charge in [-0.15, -0.1) is 11.6 Å². The second-order valence-electron chi connectivity index (χ2n) is 10.4. The maximum absolute atomic E-state index is 6.61. The molecule has 4 heteroatoms. The molecule has 0 aromatic heterocycles. The Morgan fingerprint density at radius 1 is 1.04 bits per heavy atom. The highest BCUT2D eigenvalue weighted by atomic mass is 35.5. The number of benzene rings is 1. The van der Waals surface area contributed by atoms with Crippen molar-refractivity contribution in [3.63, 3.8) is 0 Å². The first-order chi connectivity index (χ1) is 13.5. The Kier molecular flexibility index (Phi) is 5.00. The fourth-order valence-electron chi connectivity index (χ4n) is 7.60. The lowest BCUT2D eigenvalue weighted by atomic mass is 9.40. The summed E-state index contributed by atoms with van der Waals surface area (Å²) in [4.78, 5) is 1.15. The van der Waals surface area contributed by atoms with Gasteiger partial charge in [0.2, 0.25) is 0 Å². The lowest BCUT2D eigenvalue weighted by molar-refractivity contribution is -0.0810. The minimum Gasteiger partial charge on any atom is -0.377 e. The van der Waals surface area contributed by atoms with Gasteiger partial charge in [0.05, 0.1) is 4.99 Å². The lowest BCUT2D eigenvalue weighted by Crippen LogP contribution is -2.61. The summed E-state index contributed by atoms with van der Waals surface area (Å²) in [5.41, 5.74) is 8.28. The molecule has 2 atom stereocenters. The summed E-state index contributed by atoms with van der Waals surface area (Å²) in [6, 6.07) is 12.2. The molecule has 5 fully saturated rings. The van der Waals surface area contributed by atoms with Gasteiger partial charge in [-0.05, 0) is 86.0 Å². The molecular formula is C24H33ClN2S. The van der Waals surface area contributed by atoms with E-state index in [0.717, 1.165) is 23.7 Å². The SMILES string of the molecule is NC1CCC(NC(=S)C2C3CC4(CCl)CC2CC(c2ccccc2)(C3)C4)CC1. The Morgan fingerprint density at radius 2 is 1.68 bits per heavy atom. The van der Waals surface area contributed by atoms with Crippen molar-refractivity contribution in [2.45, 2.75) is 75.3 Å². The first-order valence-corrected chi connectivity index (χ1v) is 12.1. The molecule has 0 amide bonds. The van der Waals surface area contributed by atoms with E-state index in [0.29, 0.717) is 40.7 Å². The lowest BCUT2D eigenvalue weighted by Gasteiger charge is -2.65. The van der Waals surface area contributed by atoms with Gasteiger partial charge < -0.3 is 11.1 Å². The zero-order valence-electron chi connectivity index (χ0n) is 16.7. The molecule has 28 heavy (non-hydrogen) atoms. The Morgan fingerprint density at radius 3 is 2.29 bits per heavy atom. The van der Waals surface area contributed by atoms with Crippen molar-refractivity contribution in [1.29, 1.82) is 0 Å². The van der Waals surface area contributed by atoms with Crippen LogP contribution in [0.25, 0.3) is 0 Å². The third kappa shape index (κ3) is 3.22. The predicted molar refractivity (Wildman–Crippen MR) is 121 cm³/mol. The normalized spacial score (nSPS) is 44.4. The molecule has 0 spiro atoms. The quantitative estimate of drug-likeness (QED) is 0.524. The molecule has 0 aliphatic heterocycles. The fourth-order valence-corrected chi connectivity index (χ4v) is 8.47. The third-order valence-electron chi connectivity index (χ3n) is 8.52. The van der Waals surface area contributed by atoms with Gasteiger partial charge in [0.25, 0.3) is 0 Å².